The minimum atomic E-state index is -5.03. The van der Waals surface area contributed by atoms with E-state index in [0.717, 1.165) is 17.7 Å². The third kappa shape index (κ3) is 5.32. The Morgan fingerprint density at radius 2 is 1.78 bits per heavy atom. The van der Waals surface area contributed by atoms with Crippen molar-refractivity contribution in [2.24, 2.45) is 0 Å². The van der Waals surface area contributed by atoms with Gasteiger partial charge in [-0.25, -0.2) is 4.39 Å². The number of amides is 1. The van der Waals surface area contributed by atoms with E-state index < -0.39 is 47.0 Å². The zero-order chi connectivity index (χ0) is 26.0. The van der Waals surface area contributed by atoms with Crippen molar-refractivity contribution in [3.63, 3.8) is 0 Å². The smallest absolute Gasteiger partial charge is 0.453 e. The van der Waals surface area contributed by atoms with E-state index in [4.69, 9.17) is 13.9 Å². The average Bonchev–Trinajstić information content (AvgIpc) is 2.82. The van der Waals surface area contributed by atoms with Gasteiger partial charge in [0.1, 0.15) is 22.9 Å². The van der Waals surface area contributed by atoms with Gasteiger partial charge < -0.3 is 19.2 Å². The van der Waals surface area contributed by atoms with Crippen LogP contribution in [0.5, 0.6) is 17.2 Å². The Labute approximate surface area is 202 Å². The third-order valence-corrected chi connectivity index (χ3v) is 5.15. The highest BCUT2D eigenvalue weighted by molar-refractivity contribution is 5.92. The lowest BCUT2D eigenvalue weighted by Crippen LogP contribution is -2.20. The van der Waals surface area contributed by atoms with Gasteiger partial charge in [0.15, 0.2) is 6.61 Å². The van der Waals surface area contributed by atoms with E-state index in [-0.39, 0.29) is 22.6 Å². The number of halogens is 4. The first-order valence-corrected chi connectivity index (χ1v) is 10.6. The molecule has 0 atom stereocenters. The number of para-hydroxylation sites is 1. The van der Waals surface area contributed by atoms with E-state index in [1.165, 1.54) is 36.4 Å². The van der Waals surface area contributed by atoms with Gasteiger partial charge >= 0.3 is 6.18 Å². The Morgan fingerprint density at radius 3 is 2.50 bits per heavy atom. The lowest BCUT2D eigenvalue weighted by atomic mass is 10.1. The number of rotatable bonds is 6. The van der Waals surface area contributed by atoms with Crippen LogP contribution in [0.25, 0.3) is 11.0 Å². The van der Waals surface area contributed by atoms with Gasteiger partial charge in [-0.1, -0.05) is 24.3 Å². The number of fused-ring (bicyclic) bond motifs is 1. The summed E-state index contributed by atoms with van der Waals surface area (Å²) < 4.78 is 70.9. The molecule has 4 rings (SSSR count). The van der Waals surface area contributed by atoms with Gasteiger partial charge in [-0.15, -0.1) is 0 Å². The summed E-state index contributed by atoms with van der Waals surface area (Å²) in [5.74, 6) is -3.87. The number of carbonyl (C=O) groups excluding carboxylic acids is 1. The molecule has 0 spiro atoms. The lowest BCUT2D eigenvalue weighted by Gasteiger charge is -2.15. The Balaban J connectivity index is 1.64. The van der Waals surface area contributed by atoms with Crippen LogP contribution < -0.4 is 20.2 Å². The standard InChI is InChI=1S/C26H19F4NO5/c1-14-7-8-15(2)20(11-14)35-24-23(33)17-10-9-16(12-21(17)36-25(24)26(28,29)30)34-13-22(32)31-19-6-4-3-5-18(19)27/h3-12H,13H2,1-2H3,(H,31,32). The Bertz CT molecular complexity index is 1510. The lowest BCUT2D eigenvalue weighted by molar-refractivity contribution is -0.154. The van der Waals surface area contributed by atoms with Crippen molar-refractivity contribution in [1.29, 1.82) is 0 Å². The molecule has 0 aliphatic heterocycles. The van der Waals surface area contributed by atoms with Gasteiger partial charge in [-0.2, -0.15) is 13.2 Å². The van der Waals surface area contributed by atoms with E-state index in [1.54, 1.807) is 26.0 Å². The van der Waals surface area contributed by atoms with Gasteiger partial charge in [0.2, 0.25) is 11.2 Å². The quantitative estimate of drug-likeness (QED) is 0.311. The molecular formula is C26H19F4NO5. The molecule has 0 aliphatic rings. The topological polar surface area (TPSA) is 77.8 Å². The normalized spacial score (nSPS) is 11.4. The molecule has 0 unspecified atom stereocenters. The maximum atomic E-state index is 13.8. The van der Waals surface area contributed by atoms with Gasteiger partial charge in [0.05, 0.1) is 11.1 Å². The first kappa shape index (κ1) is 24.8. The largest absolute Gasteiger partial charge is 0.484 e. The maximum Gasteiger partial charge on any atom is 0.453 e. The molecule has 1 N–H and O–H groups in total. The second-order valence-corrected chi connectivity index (χ2v) is 7.93. The summed E-state index contributed by atoms with van der Waals surface area (Å²) in [5.41, 5.74) is -0.219. The van der Waals surface area contributed by atoms with Crippen LogP contribution in [0, 0.1) is 19.7 Å². The summed E-state index contributed by atoms with van der Waals surface area (Å²) >= 11 is 0. The zero-order valence-electron chi connectivity index (χ0n) is 19.0. The molecule has 0 saturated carbocycles. The molecule has 3 aromatic carbocycles. The van der Waals surface area contributed by atoms with E-state index in [0.29, 0.717) is 5.56 Å². The number of hydrogen-bond acceptors (Lipinski definition) is 5. The summed E-state index contributed by atoms with van der Waals surface area (Å²) in [5, 5.41) is 2.14. The molecular weight excluding hydrogens is 482 g/mol. The molecule has 186 valence electrons. The van der Waals surface area contributed by atoms with Gasteiger partial charge in [-0.3, -0.25) is 9.59 Å². The van der Waals surface area contributed by atoms with Crippen molar-refractivity contribution in [2.45, 2.75) is 20.0 Å². The number of benzene rings is 3. The van der Waals surface area contributed by atoms with E-state index in [9.17, 15) is 27.2 Å². The van der Waals surface area contributed by atoms with E-state index in [2.05, 4.69) is 5.32 Å². The predicted octanol–water partition coefficient (Wildman–Crippen LogP) is 6.38. The molecule has 1 aromatic heterocycles. The first-order valence-electron chi connectivity index (χ1n) is 10.6. The van der Waals surface area contributed by atoms with Crippen LogP contribution >= 0.6 is 0 Å². The number of nitrogens with one attached hydrogen (secondary N) is 1. The molecule has 1 amide bonds. The first-order chi connectivity index (χ1) is 17.0. The van der Waals surface area contributed by atoms with Gasteiger partial charge in [-0.05, 0) is 55.3 Å². The number of aryl methyl sites for hydroxylation is 2. The van der Waals surface area contributed by atoms with Crippen molar-refractivity contribution in [3.8, 4) is 17.2 Å². The van der Waals surface area contributed by atoms with Crippen molar-refractivity contribution < 1.29 is 36.2 Å². The minimum Gasteiger partial charge on any atom is -0.484 e. The van der Waals surface area contributed by atoms with Crippen molar-refractivity contribution in [3.05, 3.63) is 93.6 Å². The summed E-state index contributed by atoms with van der Waals surface area (Å²) in [4.78, 5) is 25.1. The van der Waals surface area contributed by atoms with E-state index >= 15 is 0 Å². The molecule has 36 heavy (non-hydrogen) atoms. The molecule has 0 saturated heterocycles. The predicted molar refractivity (Wildman–Crippen MR) is 124 cm³/mol. The molecule has 4 aromatic rings. The summed E-state index contributed by atoms with van der Waals surface area (Å²) in [6.07, 6.45) is -5.03. The highest BCUT2D eigenvalue weighted by Gasteiger charge is 2.40. The third-order valence-electron chi connectivity index (χ3n) is 5.15. The van der Waals surface area contributed by atoms with Crippen LogP contribution in [0.3, 0.4) is 0 Å². The molecule has 0 bridgehead atoms. The Hall–Kier alpha value is -4.34. The SMILES string of the molecule is Cc1ccc(C)c(Oc2c(C(F)(F)F)oc3cc(OCC(=O)Nc4ccccc4F)ccc3c2=O)c1. The number of ether oxygens (including phenoxy) is 2. The van der Waals surface area contributed by atoms with Crippen LogP contribution in [0.15, 0.2) is 69.9 Å². The number of alkyl halides is 3. The summed E-state index contributed by atoms with van der Waals surface area (Å²) in [6.45, 7) is 2.80. The van der Waals surface area contributed by atoms with Crippen LogP contribution in [0.1, 0.15) is 16.9 Å². The number of hydrogen-bond donors (Lipinski definition) is 1. The van der Waals surface area contributed by atoms with Crippen molar-refractivity contribution in [1.82, 2.24) is 0 Å². The molecule has 0 fully saturated rings. The fourth-order valence-corrected chi connectivity index (χ4v) is 3.35. The molecule has 10 heteroatoms. The Morgan fingerprint density at radius 1 is 1.03 bits per heavy atom. The molecule has 0 radical (unpaired) electrons. The molecule has 6 nitrogen and oxygen atoms in total. The number of anilines is 1. The number of carbonyl (C=O) groups is 1. The van der Waals surface area contributed by atoms with Crippen molar-refractivity contribution >= 4 is 22.6 Å². The van der Waals surface area contributed by atoms with Crippen LogP contribution in [-0.2, 0) is 11.0 Å². The molecule has 0 aliphatic carbocycles. The average molecular weight is 501 g/mol. The highest BCUT2D eigenvalue weighted by atomic mass is 19.4. The fraction of sp³-hybridized carbons (Fsp3) is 0.154. The molecule has 1 heterocycles. The highest BCUT2D eigenvalue weighted by Crippen LogP contribution is 2.39. The minimum absolute atomic E-state index is 0.0364. The summed E-state index contributed by atoms with van der Waals surface area (Å²) in [7, 11) is 0. The van der Waals surface area contributed by atoms with Crippen LogP contribution in [0.2, 0.25) is 0 Å². The van der Waals surface area contributed by atoms with Crippen LogP contribution in [0.4, 0.5) is 23.2 Å². The van der Waals surface area contributed by atoms with Crippen LogP contribution in [-0.4, -0.2) is 12.5 Å². The van der Waals surface area contributed by atoms with Gasteiger partial charge in [0.25, 0.3) is 11.7 Å². The van der Waals surface area contributed by atoms with Crippen molar-refractivity contribution in [2.75, 3.05) is 11.9 Å². The van der Waals surface area contributed by atoms with Gasteiger partial charge in [0, 0.05) is 6.07 Å². The monoisotopic (exact) mass is 501 g/mol. The Kier molecular flexibility index (Phi) is 6.69. The van der Waals surface area contributed by atoms with E-state index in [1.807, 2.05) is 0 Å². The second-order valence-electron chi connectivity index (χ2n) is 7.93. The zero-order valence-corrected chi connectivity index (χ0v) is 19.0. The second kappa shape index (κ2) is 9.73. The fourth-order valence-electron chi connectivity index (χ4n) is 3.35. The summed E-state index contributed by atoms with van der Waals surface area (Å²) in [6, 6.07) is 14.0. The maximum absolute atomic E-state index is 13.8.